The number of hydrogen-bond acceptors (Lipinski definition) is 2. The van der Waals surface area contributed by atoms with Gasteiger partial charge >= 0.3 is 6.03 Å². The molecule has 0 spiro atoms. The quantitative estimate of drug-likeness (QED) is 0.884. The molecule has 0 radical (unpaired) electrons. The van der Waals surface area contributed by atoms with Gasteiger partial charge in [0.25, 0.3) is 0 Å². The summed E-state index contributed by atoms with van der Waals surface area (Å²) in [5.41, 5.74) is 0.584. The number of nitrogens with one attached hydrogen (secondary N) is 2. The number of carbonyl (C=O) groups is 1. The molecule has 1 aromatic rings. The largest absolute Gasteiger partial charge is 0.495 e. The molecule has 1 aliphatic carbocycles. The number of amides is 2. The second kappa shape index (κ2) is 6.84. The van der Waals surface area contributed by atoms with Crippen molar-refractivity contribution in [2.75, 3.05) is 12.4 Å². The van der Waals surface area contributed by atoms with Gasteiger partial charge < -0.3 is 15.4 Å². The van der Waals surface area contributed by atoms with Crippen molar-refractivity contribution in [3.8, 4) is 5.75 Å². The third kappa shape index (κ3) is 3.79. The van der Waals surface area contributed by atoms with E-state index in [0.717, 1.165) is 6.42 Å². The first-order valence-electron chi connectivity index (χ1n) is 7.01. The molecule has 0 unspecified atom stereocenters. The van der Waals surface area contributed by atoms with E-state index in [0.29, 0.717) is 22.4 Å². The zero-order chi connectivity index (χ0) is 14.5. The number of carbonyl (C=O) groups excluding carboxylic acids is 1. The fraction of sp³-hybridized carbons (Fsp3) is 0.533. The number of halogens is 1. The summed E-state index contributed by atoms with van der Waals surface area (Å²) in [5.74, 6) is 1.12. The van der Waals surface area contributed by atoms with Crippen LogP contribution in [0.1, 0.15) is 32.6 Å². The van der Waals surface area contributed by atoms with Crippen molar-refractivity contribution < 1.29 is 9.53 Å². The number of urea groups is 1. The van der Waals surface area contributed by atoms with E-state index < -0.39 is 0 Å². The molecule has 1 fully saturated rings. The molecule has 1 saturated carbocycles. The zero-order valence-corrected chi connectivity index (χ0v) is 12.7. The molecular formula is C15H21ClN2O2. The van der Waals surface area contributed by atoms with Crippen LogP contribution >= 0.6 is 11.6 Å². The minimum absolute atomic E-state index is 0.204. The van der Waals surface area contributed by atoms with Crippen LogP contribution in [0.2, 0.25) is 5.02 Å². The number of methoxy groups -OCH3 is 1. The van der Waals surface area contributed by atoms with Gasteiger partial charge in [-0.15, -0.1) is 0 Å². The Labute approximate surface area is 124 Å². The molecule has 110 valence electrons. The molecule has 20 heavy (non-hydrogen) atoms. The maximum Gasteiger partial charge on any atom is 0.319 e. The SMILES string of the molecule is COc1ccc(Cl)cc1NC(=O)N[C@H]1CCCC[C@@H]1C. The predicted molar refractivity (Wildman–Crippen MR) is 81.6 cm³/mol. The van der Waals surface area contributed by atoms with Crippen molar-refractivity contribution in [3.05, 3.63) is 23.2 Å². The van der Waals surface area contributed by atoms with Gasteiger partial charge in [-0.2, -0.15) is 0 Å². The predicted octanol–water partition coefficient (Wildman–Crippen LogP) is 4.05. The van der Waals surface area contributed by atoms with Gasteiger partial charge in [0.05, 0.1) is 12.8 Å². The number of benzene rings is 1. The second-order valence-corrected chi connectivity index (χ2v) is 5.75. The summed E-state index contributed by atoms with van der Waals surface area (Å²) in [6.45, 7) is 2.18. The van der Waals surface area contributed by atoms with Gasteiger partial charge in [0.2, 0.25) is 0 Å². The summed E-state index contributed by atoms with van der Waals surface area (Å²) in [6.07, 6.45) is 4.64. The van der Waals surface area contributed by atoms with Crippen LogP contribution in [0.5, 0.6) is 5.75 Å². The third-order valence-electron chi connectivity index (χ3n) is 3.84. The molecule has 0 saturated heterocycles. The normalized spacial score (nSPS) is 22.1. The van der Waals surface area contributed by atoms with Gasteiger partial charge in [-0.1, -0.05) is 31.4 Å². The topological polar surface area (TPSA) is 50.4 Å². The molecule has 2 rings (SSSR count). The van der Waals surface area contributed by atoms with Crippen LogP contribution in [0.3, 0.4) is 0 Å². The lowest BCUT2D eigenvalue weighted by Crippen LogP contribution is -2.43. The lowest BCUT2D eigenvalue weighted by atomic mass is 9.86. The van der Waals surface area contributed by atoms with Crippen molar-refractivity contribution in [2.45, 2.75) is 38.6 Å². The summed E-state index contributed by atoms with van der Waals surface area (Å²) in [5, 5.41) is 6.41. The lowest BCUT2D eigenvalue weighted by molar-refractivity contribution is 0.232. The molecule has 0 bridgehead atoms. The van der Waals surface area contributed by atoms with E-state index in [1.54, 1.807) is 25.3 Å². The summed E-state index contributed by atoms with van der Waals surface area (Å²) in [6, 6.07) is 5.19. The smallest absolute Gasteiger partial charge is 0.319 e. The van der Waals surface area contributed by atoms with Crippen LogP contribution in [0.4, 0.5) is 10.5 Å². The highest BCUT2D eigenvalue weighted by Gasteiger charge is 2.23. The third-order valence-corrected chi connectivity index (χ3v) is 4.07. The zero-order valence-electron chi connectivity index (χ0n) is 11.9. The Hall–Kier alpha value is -1.42. The van der Waals surface area contributed by atoms with Crippen molar-refractivity contribution in [1.29, 1.82) is 0 Å². The van der Waals surface area contributed by atoms with Gasteiger partial charge in [-0.3, -0.25) is 0 Å². The van der Waals surface area contributed by atoms with Crippen molar-refractivity contribution in [1.82, 2.24) is 5.32 Å². The highest BCUT2D eigenvalue weighted by molar-refractivity contribution is 6.31. The van der Waals surface area contributed by atoms with Crippen LogP contribution in [0.15, 0.2) is 18.2 Å². The average molecular weight is 297 g/mol. The molecule has 1 aliphatic rings. The maximum atomic E-state index is 12.1. The van der Waals surface area contributed by atoms with Crippen molar-refractivity contribution in [3.63, 3.8) is 0 Å². The van der Waals surface area contributed by atoms with Crippen molar-refractivity contribution in [2.24, 2.45) is 5.92 Å². The van der Waals surface area contributed by atoms with E-state index in [1.807, 2.05) is 0 Å². The highest BCUT2D eigenvalue weighted by Crippen LogP contribution is 2.28. The van der Waals surface area contributed by atoms with Crippen LogP contribution in [-0.4, -0.2) is 19.2 Å². The van der Waals surface area contributed by atoms with E-state index in [1.165, 1.54) is 19.3 Å². The molecule has 2 N–H and O–H groups in total. The molecule has 1 aromatic carbocycles. The van der Waals surface area contributed by atoms with E-state index in [2.05, 4.69) is 17.6 Å². The molecule has 2 atom stereocenters. The van der Waals surface area contributed by atoms with E-state index in [9.17, 15) is 4.79 Å². The Bertz CT molecular complexity index is 479. The minimum Gasteiger partial charge on any atom is -0.495 e. The Kier molecular flexibility index (Phi) is 5.12. The molecule has 5 heteroatoms. The Morgan fingerprint density at radius 1 is 1.35 bits per heavy atom. The van der Waals surface area contributed by atoms with Gasteiger partial charge in [0.15, 0.2) is 0 Å². The summed E-state index contributed by atoms with van der Waals surface area (Å²) < 4.78 is 5.21. The Morgan fingerprint density at radius 2 is 2.10 bits per heavy atom. The average Bonchev–Trinajstić information content (AvgIpc) is 2.41. The van der Waals surface area contributed by atoms with E-state index in [4.69, 9.17) is 16.3 Å². The molecule has 2 amide bonds. The summed E-state index contributed by atoms with van der Waals surface area (Å²) in [4.78, 5) is 12.1. The number of ether oxygens (including phenoxy) is 1. The first-order chi connectivity index (χ1) is 9.60. The standard InChI is InChI=1S/C15H21ClN2O2/c1-10-5-3-4-6-12(10)17-15(19)18-13-9-11(16)7-8-14(13)20-2/h7-10,12H,3-6H2,1-2H3,(H2,17,18,19)/t10-,12-/m0/s1. The van der Waals surface area contributed by atoms with Crippen LogP contribution < -0.4 is 15.4 Å². The fourth-order valence-electron chi connectivity index (χ4n) is 2.64. The molecule has 4 nitrogen and oxygen atoms in total. The van der Waals surface area contributed by atoms with Crippen LogP contribution in [0, 0.1) is 5.92 Å². The van der Waals surface area contributed by atoms with Gasteiger partial charge in [-0.05, 0) is 37.0 Å². The molecular weight excluding hydrogens is 276 g/mol. The van der Waals surface area contributed by atoms with Gasteiger partial charge in [-0.25, -0.2) is 4.79 Å². The minimum atomic E-state index is -0.204. The summed E-state index contributed by atoms with van der Waals surface area (Å²) >= 11 is 5.95. The monoisotopic (exact) mass is 296 g/mol. The van der Waals surface area contributed by atoms with Gasteiger partial charge in [0.1, 0.15) is 5.75 Å². The number of anilines is 1. The first kappa shape index (κ1) is 15.0. The lowest BCUT2D eigenvalue weighted by Gasteiger charge is -2.29. The van der Waals surface area contributed by atoms with E-state index >= 15 is 0 Å². The Balaban J connectivity index is 1.99. The second-order valence-electron chi connectivity index (χ2n) is 5.31. The summed E-state index contributed by atoms with van der Waals surface area (Å²) in [7, 11) is 1.57. The molecule has 0 aliphatic heterocycles. The fourth-order valence-corrected chi connectivity index (χ4v) is 2.81. The Morgan fingerprint density at radius 3 is 2.80 bits per heavy atom. The van der Waals surface area contributed by atoms with Crippen LogP contribution in [0.25, 0.3) is 0 Å². The van der Waals surface area contributed by atoms with E-state index in [-0.39, 0.29) is 12.1 Å². The maximum absolute atomic E-state index is 12.1. The highest BCUT2D eigenvalue weighted by atomic mass is 35.5. The van der Waals surface area contributed by atoms with Crippen LogP contribution in [-0.2, 0) is 0 Å². The van der Waals surface area contributed by atoms with Crippen molar-refractivity contribution >= 4 is 23.3 Å². The number of rotatable bonds is 3. The number of hydrogen-bond donors (Lipinski definition) is 2. The molecule has 0 aromatic heterocycles. The van der Waals surface area contributed by atoms with Gasteiger partial charge in [0, 0.05) is 11.1 Å². The molecule has 0 heterocycles. The first-order valence-corrected chi connectivity index (χ1v) is 7.39.